The lowest BCUT2D eigenvalue weighted by Gasteiger charge is -2.36. The molecular formula is C30H35F2N5O2. The zero-order valence-electron chi connectivity index (χ0n) is 22.5. The molecule has 3 aliphatic rings. The van der Waals surface area contributed by atoms with Crippen molar-refractivity contribution in [3.63, 3.8) is 0 Å². The number of alkyl halides is 2. The van der Waals surface area contributed by atoms with Crippen molar-refractivity contribution >= 4 is 23.2 Å². The van der Waals surface area contributed by atoms with Gasteiger partial charge in [-0.15, -0.1) is 0 Å². The zero-order chi connectivity index (χ0) is 27.6. The van der Waals surface area contributed by atoms with Crippen molar-refractivity contribution in [1.82, 2.24) is 20.2 Å². The number of carbonyl (C=O) groups is 2. The average molecular weight is 536 g/mol. The first-order valence-electron chi connectivity index (χ1n) is 13.8. The van der Waals surface area contributed by atoms with E-state index in [1.165, 1.54) is 19.1 Å². The summed E-state index contributed by atoms with van der Waals surface area (Å²) in [5.41, 5.74) is 3.35. The van der Waals surface area contributed by atoms with Gasteiger partial charge in [-0.2, -0.15) is 0 Å². The number of carbonyl (C=O) groups excluding carboxylic acids is 2. The maximum Gasteiger partial charge on any atom is 0.273 e. The SMILES string of the molecule is CCC(F)(F)c1ccc(CC(=O)NC2=CC=C(c3nccnc3N3CCN(C(=O)C4CC4)CC3)C(C)C2)cc1. The van der Waals surface area contributed by atoms with Gasteiger partial charge in [0.25, 0.3) is 5.92 Å². The summed E-state index contributed by atoms with van der Waals surface area (Å²) in [7, 11) is 0. The van der Waals surface area contributed by atoms with Crippen molar-refractivity contribution in [3.05, 3.63) is 71.3 Å². The minimum absolute atomic E-state index is 0.0346. The number of allylic oxidation sites excluding steroid dienone is 4. The number of aromatic nitrogens is 2. The minimum Gasteiger partial charge on any atom is -0.351 e. The van der Waals surface area contributed by atoms with Crippen molar-refractivity contribution in [2.45, 2.75) is 51.9 Å². The largest absolute Gasteiger partial charge is 0.351 e. The Kier molecular flexibility index (Phi) is 7.77. The van der Waals surface area contributed by atoms with Crippen LogP contribution >= 0.6 is 0 Å². The highest BCUT2D eigenvalue weighted by Crippen LogP contribution is 2.36. The lowest BCUT2D eigenvalue weighted by molar-refractivity contribution is -0.132. The van der Waals surface area contributed by atoms with Crippen molar-refractivity contribution in [3.8, 4) is 0 Å². The van der Waals surface area contributed by atoms with Crippen molar-refractivity contribution in [1.29, 1.82) is 0 Å². The summed E-state index contributed by atoms with van der Waals surface area (Å²) in [5.74, 6) is -1.59. The van der Waals surface area contributed by atoms with Crippen LogP contribution in [0.4, 0.5) is 14.6 Å². The number of rotatable bonds is 8. The number of amides is 2. The Bertz CT molecular complexity index is 1280. The van der Waals surface area contributed by atoms with Crippen LogP contribution in [0.15, 0.2) is 54.5 Å². The first-order valence-corrected chi connectivity index (χ1v) is 13.8. The first kappa shape index (κ1) is 27.0. The van der Waals surface area contributed by atoms with E-state index in [1.807, 2.05) is 17.1 Å². The van der Waals surface area contributed by atoms with Crippen LogP contribution in [-0.4, -0.2) is 52.9 Å². The number of piperazine rings is 1. The number of nitrogens with one attached hydrogen (secondary N) is 1. The molecule has 2 aliphatic carbocycles. The third-order valence-corrected chi connectivity index (χ3v) is 7.78. The molecule has 1 saturated carbocycles. The number of nitrogens with zero attached hydrogens (tertiary/aromatic N) is 4. The maximum atomic E-state index is 13.9. The molecule has 1 unspecified atom stereocenters. The maximum absolute atomic E-state index is 13.9. The molecule has 2 aromatic rings. The molecule has 7 nitrogen and oxygen atoms in total. The van der Waals surface area contributed by atoms with E-state index in [9.17, 15) is 18.4 Å². The Balaban J connectivity index is 1.22. The molecule has 1 saturated heterocycles. The number of anilines is 1. The molecule has 0 radical (unpaired) electrons. The van der Waals surface area contributed by atoms with E-state index in [0.717, 1.165) is 48.7 Å². The van der Waals surface area contributed by atoms with E-state index >= 15 is 0 Å². The zero-order valence-corrected chi connectivity index (χ0v) is 22.5. The lowest BCUT2D eigenvalue weighted by Crippen LogP contribution is -2.49. The van der Waals surface area contributed by atoms with E-state index in [1.54, 1.807) is 24.5 Å². The molecule has 206 valence electrons. The highest BCUT2D eigenvalue weighted by atomic mass is 19.3. The predicted molar refractivity (Wildman–Crippen MR) is 146 cm³/mol. The minimum atomic E-state index is -2.86. The Hall–Kier alpha value is -3.62. The summed E-state index contributed by atoms with van der Waals surface area (Å²) in [6.45, 7) is 6.38. The quantitative estimate of drug-likeness (QED) is 0.530. The Labute approximate surface area is 228 Å². The molecule has 1 atom stereocenters. The van der Waals surface area contributed by atoms with E-state index in [0.29, 0.717) is 25.1 Å². The van der Waals surface area contributed by atoms with Crippen LogP contribution < -0.4 is 10.2 Å². The lowest BCUT2D eigenvalue weighted by atomic mass is 9.88. The van der Waals surface area contributed by atoms with Crippen LogP contribution in [0.1, 0.15) is 56.4 Å². The average Bonchev–Trinajstić information content (AvgIpc) is 3.79. The van der Waals surface area contributed by atoms with Gasteiger partial charge < -0.3 is 15.1 Å². The standard InChI is InChI=1S/C30H35F2N5O2/c1-3-30(31,32)23-8-4-21(5-9-23)19-26(38)35-24-10-11-25(20(2)18-24)27-28(34-13-12-33-27)36-14-16-37(17-15-36)29(39)22-6-7-22/h4-5,8-13,20,22H,3,6-7,14-19H2,1-2H3,(H,35,38). The molecule has 5 rings (SSSR count). The molecule has 1 aliphatic heterocycles. The molecular weight excluding hydrogens is 500 g/mol. The fraction of sp³-hybridized carbons (Fsp3) is 0.467. The summed E-state index contributed by atoms with van der Waals surface area (Å²) in [5, 5.41) is 2.98. The molecule has 0 spiro atoms. The molecule has 9 heteroatoms. The molecule has 1 aromatic heterocycles. The van der Waals surface area contributed by atoms with Crippen LogP contribution in [0.2, 0.25) is 0 Å². The van der Waals surface area contributed by atoms with Gasteiger partial charge in [-0.3, -0.25) is 14.6 Å². The third-order valence-electron chi connectivity index (χ3n) is 7.78. The predicted octanol–water partition coefficient (Wildman–Crippen LogP) is 4.70. The Morgan fingerprint density at radius 1 is 1.03 bits per heavy atom. The van der Waals surface area contributed by atoms with Gasteiger partial charge >= 0.3 is 0 Å². The second kappa shape index (κ2) is 11.2. The molecule has 0 bridgehead atoms. The Morgan fingerprint density at radius 3 is 2.36 bits per heavy atom. The summed E-state index contributed by atoms with van der Waals surface area (Å²) >= 11 is 0. The van der Waals surface area contributed by atoms with Gasteiger partial charge in [-0.1, -0.05) is 44.2 Å². The normalized spacial score (nSPS) is 19.8. The smallest absolute Gasteiger partial charge is 0.273 e. The van der Waals surface area contributed by atoms with E-state index in [4.69, 9.17) is 0 Å². The number of hydrogen-bond donors (Lipinski definition) is 1. The van der Waals surface area contributed by atoms with Gasteiger partial charge in [0, 0.05) is 62.2 Å². The van der Waals surface area contributed by atoms with Crippen molar-refractivity contribution < 1.29 is 18.4 Å². The molecule has 2 amide bonds. The summed E-state index contributed by atoms with van der Waals surface area (Å²) in [4.78, 5) is 38.6. The first-order chi connectivity index (χ1) is 18.7. The Morgan fingerprint density at radius 2 is 1.72 bits per heavy atom. The highest BCUT2D eigenvalue weighted by molar-refractivity contribution is 5.82. The second-order valence-corrected chi connectivity index (χ2v) is 10.7. The fourth-order valence-corrected chi connectivity index (χ4v) is 5.24. The van der Waals surface area contributed by atoms with Gasteiger partial charge in [0.1, 0.15) is 5.69 Å². The molecule has 1 aromatic carbocycles. The highest BCUT2D eigenvalue weighted by Gasteiger charge is 2.35. The third kappa shape index (κ3) is 6.18. The van der Waals surface area contributed by atoms with E-state index in [-0.39, 0.29) is 42.1 Å². The van der Waals surface area contributed by atoms with Gasteiger partial charge in [0.05, 0.1) is 6.42 Å². The number of benzene rings is 1. The topological polar surface area (TPSA) is 78.4 Å². The molecule has 39 heavy (non-hydrogen) atoms. The number of halogens is 2. The van der Waals surface area contributed by atoms with Crippen molar-refractivity contribution in [2.75, 3.05) is 31.1 Å². The molecule has 1 N–H and O–H groups in total. The summed E-state index contributed by atoms with van der Waals surface area (Å²) in [6, 6.07) is 5.97. The molecule has 2 heterocycles. The van der Waals surface area contributed by atoms with Crippen LogP contribution in [0.3, 0.4) is 0 Å². The summed E-state index contributed by atoms with van der Waals surface area (Å²) in [6.07, 6.45) is 9.82. The van der Waals surface area contributed by atoms with Crippen LogP contribution in [-0.2, 0) is 21.9 Å². The summed E-state index contributed by atoms with van der Waals surface area (Å²) < 4.78 is 27.7. The van der Waals surface area contributed by atoms with Gasteiger partial charge in [0.15, 0.2) is 5.82 Å². The van der Waals surface area contributed by atoms with E-state index in [2.05, 4.69) is 27.1 Å². The van der Waals surface area contributed by atoms with Crippen LogP contribution in [0, 0.1) is 11.8 Å². The second-order valence-electron chi connectivity index (χ2n) is 10.7. The van der Waals surface area contributed by atoms with Gasteiger partial charge in [0.2, 0.25) is 11.8 Å². The van der Waals surface area contributed by atoms with Gasteiger partial charge in [-0.25, -0.2) is 13.8 Å². The fourth-order valence-electron chi connectivity index (χ4n) is 5.24. The van der Waals surface area contributed by atoms with Crippen LogP contribution in [0.25, 0.3) is 5.57 Å². The van der Waals surface area contributed by atoms with Crippen LogP contribution in [0.5, 0.6) is 0 Å². The number of hydrogen-bond acceptors (Lipinski definition) is 5. The van der Waals surface area contributed by atoms with Crippen molar-refractivity contribution in [2.24, 2.45) is 11.8 Å². The molecule has 2 fully saturated rings. The monoisotopic (exact) mass is 535 g/mol. The van der Waals surface area contributed by atoms with Gasteiger partial charge in [-0.05, 0) is 42.4 Å². The van der Waals surface area contributed by atoms with E-state index < -0.39 is 5.92 Å².